The molecule has 1 aliphatic heterocycles. The van der Waals surface area contributed by atoms with Gasteiger partial charge in [0.1, 0.15) is 5.82 Å². The summed E-state index contributed by atoms with van der Waals surface area (Å²) >= 11 is 0. The molecule has 0 aliphatic carbocycles. The molecule has 4 heteroatoms. The summed E-state index contributed by atoms with van der Waals surface area (Å²) in [5.74, 6) is 0.490. The number of halogens is 1. The summed E-state index contributed by atoms with van der Waals surface area (Å²) in [7, 11) is 0. The lowest BCUT2D eigenvalue weighted by atomic mass is 9.88. The predicted molar refractivity (Wildman–Crippen MR) is 77.8 cm³/mol. The fourth-order valence-corrected chi connectivity index (χ4v) is 2.80. The highest BCUT2D eigenvalue weighted by Crippen LogP contribution is 2.27. The van der Waals surface area contributed by atoms with Crippen molar-refractivity contribution < 1.29 is 9.18 Å². The highest BCUT2D eigenvalue weighted by Gasteiger charge is 2.29. The average Bonchev–Trinajstić information content (AvgIpc) is 2.38. The number of likely N-dealkylation sites (tertiary alicyclic amines) is 1. The SMILES string of the molecule is CC(C)CC(=O)N1CC(N)CC(c2ccc(F)cc2)C1. The minimum Gasteiger partial charge on any atom is -0.341 e. The monoisotopic (exact) mass is 278 g/mol. The largest absolute Gasteiger partial charge is 0.341 e. The first-order valence-electron chi connectivity index (χ1n) is 7.24. The smallest absolute Gasteiger partial charge is 0.222 e. The Balaban J connectivity index is 2.08. The second kappa shape index (κ2) is 6.35. The number of carbonyl (C=O) groups is 1. The summed E-state index contributed by atoms with van der Waals surface area (Å²) < 4.78 is 13.0. The van der Waals surface area contributed by atoms with Crippen LogP contribution in [0.3, 0.4) is 0 Å². The Kier molecular flexibility index (Phi) is 4.76. The second-order valence-corrected chi connectivity index (χ2v) is 6.14. The molecule has 1 fully saturated rings. The first-order valence-corrected chi connectivity index (χ1v) is 7.24. The summed E-state index contributed by atoms with van der Waals surface area (Å²) in [5.41, 5.74) is 7.14. The Bertz CT molecular complexity index is 458. The quantitative estimate of drug-likeness (QED) is 0.923. The van der Waals surface area contributed by atoms with Gasteiger partial charge in [0.05, 0.1) is 0 Å². The zero-order chi connectivity index (χ0) is 14.7. The molecule has 1 aromatic rings. The number of nitrogens with two attached hydrogens (primary N) is 1. The van der Waals surface area contributed by atoms with Gasteiger partial charge in [-0.15, -0.1) is 0 Å². The Morgan fingerprint density at radius 2 is 2.00 bits per heavy atom. The lowest BCUT2D eigenvalue weighted by Gasteiger charge is -2.37. The van der Waals surface area contributed by atoms with Gasteiger partial charge in [-0.05, 0) is 30.0 Å². The molecule has 0 bridgehead atoms. The minimum atomic E-state index is -0.235. The molecular weight excluding hydrogens is 255 g/mol. The Morgan fingerprint density at radius 1 is 1.35 bits per heavy atom. The molecule has 1 aromatic carbocycles. The van der Waals surface area contributed by atoms with E-state index in [9.17, 15) is 9.18 Å². The lowest BCUT2D eigenvalue weighted by molar-refractivity contribution is -0.133. The van der Waals surface area contributed by atoms with Gasteiger partial charge in [-0.1, -0.05) is 26.0 Å². The molecule has 1 heterocycles. The Labute approximate surface area is 120 Å². The van der Waals surface area contributed by atoms with Gasteiger partial charge < -0.3 is 10.6 Å². The van der Waals surface area contributed by atoms with Gasteiger partial charge in [0, 0.05) is 31.5 Å². The molecule has 2 N–H and O–H groups in total. The third-order valence-electron chi connectivity index (χ3n) is 3.76. The molecule has 1 amide bonds. The molecule has 2 atom stereocenters. The summed E-state index contributed by atoms with van der Waals surface area (Å²) in [4.78, 5) is 14.1. The van der Waals surface area contributed by atoms with E-state index in [-0.39, 0.29) is 23.7 Å². The van der Waals surface area contributed by atoms with Crippen LogP contribution in [0.15, 0.2) is 24.3 Å². The van der Waals surface area contributed by atoms with Gasteiger partial charge in [-0.3, -0.25) is 4.79 Å². The molecule has 2 unspecified atom stereocenters. The third kappa shape index (κ3) is 3.79. The van der Waals surface area contributed by atoms with Gasteiger partial charge >= 0.3 is 0 Å². The topological polar surface area (TPSA) is 46.3 Å². The third-order valence-corrected chi connectivity index (χ3v) is 3.76. The summed E-state index contributed by atoms with van der Waals surface area (Å²) in [6.07, 6.45) is 1.40. The van der Waals surface area contributed by atoms with E-state index >= 15 is 0 Å². The molecule has 1 saturated heterocycles. The maximum atomic E-state index is 13.0. The van der Waals surface area contributed by atoms with Crippen LogP contribution in [0.4, 0.5) is 4.39 Å². The number of piperidine rings is 1. The summed E-state index contributed by atoms with van der Waals surface area (Å²) in [6, 6.07) is 6.52. The fourth-order valence-electron chi connectivity index (χ4n) is 2.80. The molecule has 0 saturated carbocycles. The van der Waals surface area contributed by atoms with Crippen LogP contribution in [0.1, 0.15) is 38.2 Å². The first-order chi connectivity index (χ1) is 9.45. The summed E-state index contributed by atoms with van der Waals surface area (Å²) in [6.45, 7) is 5.40. The van der Waals surface area contributed by atoms with E-state index < -0.39 is 0 Å². The van der Waals surface area contributed by atoms with E-state index in [1.54, 1.807) is 12.1 Å². The second-order valence-electron chi connectivity index (χ2n) is 6.14. The number of rotatable bonds is 3. The molecule has 1 aliphatic rings. The normalized spacial score (nSPS) is 23.1. The number of hydrogen-bond acceptors (Lipinski definition) is 2. The summed E-state index contributed by atoms with van der Waals surface area (Å²) in [5, 5.41) is 0. The van der Waals surface area contributed by atoms with Gasteiger partial charge in [0.2, 0.25) is 5.91 Å². The van der Waals surface area contributed by atoms with Crippen LogP contribution in [0.25, 0.3) is 0 Å². The van der Waals surface area contributed by atoms with E-state index in [1.165, 1.54) is 12.1 Å². The van der Waals surface area contributed by atoms with Crippen LogP contribution in [0.5, 0.6) is 0 Å². The number of nitrogens with zero attached hydrogens (tertiary/aromatic N) is 1. The van der Waals surface area contributed by atoms with Gasteiger partial charge in [0.15, 0.2) is 0 Å². The number of carbonyl (C=O) groups excluding carboxylic acids is 1. The number of benzene rings is 1. The number of amides is 1. The van der Waals surface area contributed by atoms with Crippen molar-refractivity contribution >= 4 is 5.91 Å². The molecule has 110 valence electrons. The van der Waals surface area contributed by atoms with Crippen LogP contribution in [0.2, 0.25) is 0 Å². The van der Waals surface area contributed by atoms with Crippen LogP contribution in [-0.2, 0) is 4.79 Å². The van der Waals surface area contributed by atoms with Gasteiger partial charge in [-0.2, -0.15) is 0 Å². The zero-order valence-electron chi connectivity index (χ0n) is 12.2. The maximum Gasteiger partial charge on any atom is 0.222 e. The van der Waals surface area contributed by atoms with Crippen molar-refractivity contribution in [3.8, 4) is 0 Å². The van der Waals surface area contributed by atoms with E-state index in [0.29, 0.717) is 25.4 Å². The van der Waals surface area contributed by atoms with Crippen molar-refractivity contribution in [3.63, 3.8) is 0 Å². The first kappa shape index (κ1) is 15.0. The van der Waals surface area contributed by atoms with Crippen molar-refractivity contribution in [1.82, 2.24) is 4.90 Å². The van der Waals surface area contributed by atoms with Gasteiger partial charge in [-0.25, -0.2) is 4.39 Å². The molecule has 0 spiro atoms. The number of hydrogen-bond donors (Lipinski definition) is 1. The average molecular weight is 278 g/mol. The molecule has 3 nitrogen and oxygen atoms in total. The van der Waals surface area contributed by atoms with Crippen LogP contribution in [0, 0.1) is 11.7 Å². The van der Waals surface area contributed by atoms with Crippen molar-refractivity contribution in [2.45, 2.75) is 38.6 Å². The molecule has 0 aromatic heterocycles. The highest BCUT2D eigenvalue weighted by atomic mass is 19.1. The molecule has 0 radical (unpaired) electrons. The van der Waals surface area contributed by atoms with E-state index in [4.69, 9.17) is 5.73 Å². The van der Waals surface area contributed by atoms with Crippen LogP contribution < -0.4 is 5.73 Å². The fraction of sp³-hybridized carbons (Fsp3) is 0.562. The van der Waals surface area contributed by atoms with Gasteiger partial charge in [0.25, 0.3) is 0 Å². The predicted octanol–water partition coefficient (Wildman–Crippen LogP) is 2.52. The molecule has 20 heavy (non-hydrogen) atoms. The Morgan fingerprint density at radius 3 is 2.60 bits per heavy atom. The highest BCUT2D eigenvalue weighted by molar-refractivity contribution is 5.76. The zero-order valence-corrected chi connectivity index (χ0v) is 12.2. The van der Waals surface area contributed by atoms with Crippen molar-refractivity contribution in [2.75, 3.05) is 13.1 Å². The standard InChI is InChI=1S/C16H23FN2O/c1-11(2)7-16(20)19-9-13(8-15(18)10-19)12-3-5-14(17)6-4-12/h3-6,11,13,15H,7-10,18H2,1-2H3. The van der Waals surface area contributed by atoms with Crippen molar-refractivity contribution in [2.24, 2.45) is 11.7 Å². The maximum absolute atomic E-state index is 13.0. The van der Waals surface area contributed by atoms with E-state index in [0.717, 1.165) is 12.0 Å². The molecule has 2 rings (SSSR count). The van der Waals surface area contributed by atoms with E-state index in [2.05, 4.69) is 0 Å². The minimum absolute atomic E-state index is 0.00471. The lowest BCUT2D eigenvalue weighted by Crippen LogP contribution is -2.48. The van der Waals surface area contributed by atoms with Crippen molar-refractivity contribution in [3.05, 3.63) is 35.6 Å². The van der Waals surface area contributed by atoms with Crippen LogP contribution >= 0.6 is 0 Å². The van der Waals surface area contributed by atoms with E-state index in [1.807, 2.05) is 18.7 Å². The van der Waals surface area contributed by atoms with Crippen molar-refractivity contribution in [1.29, 1.82) is 0 Å². The Hall–Kier alpha value is -1.42. The van der Waals surface area contributed by atoms with Crippen LogP contribution in [-0.4, -0.2) is 29.9 Å². The molecular formula is C16H23FN2O.